The highest BCUT2D eigenvalue weighted by Crippen LogP contribution is 2.28. The first kappa shape index (κ1) is 21.7. The molecular weight excluding hydrogens is 416 g/mol. The monoisotopic (exact) mass is 444 g/mol. The van der Waals surface area contributed by atoms with Gasteiger partial charge in [0.05, 0.1) is 6.10 Å². The number of nitrogens with two attached hydrogens (primary N) is 1. The molecule has 3 heterocycles. The molecule has 0 saturated carbocycles. The number of pyridine rings is 1. The minimum Gasteiger partial charge on any atom is -0.391 e. The zero-order valence-electron chi connectivity index (χ0n) is 17.3. The Morgan fingerprint density at radius 2 is 1.84 bits per heavy atom. The van der Waals surface area contributed by atoms with Gasteiger partial charge >= 0.3 is 0 Å². The number of anilines is 1. The second kappa shape index (κ2) is 8.94. The van der Waals surface area contributed by atoms with Crippen LogP contribution in [0, 0.1) is 5.92 Å². The van der Waals surface area contributed by atoms with Gasteiger partial charge in [0.2, 0.25) is 15.9 Å². The Morgan fingerprint density at radius 1 is 1.13 bits per heavy atom. The van der Waals surface area contributed by atoms with Crippen LogP contribution in [-0.2, 0) is 21.2 Å². The van der Waals surface area contributed by atoms with Gasteiger partial charge in [-0.2, -0.15) is 4.31 Å². The minimum absolute atomic E-state index is 0.133. The maximum atomic E-state index is 13.1. The van der Waals surface area contributed by atoms with Crippen molar-refractivity contribution in [1.29, 1.82) is 0 Å². The predicted molar refractivity (Wildman–Crippen MR) is 117 cm³/mol. The van der Waals surface area contributed by atoms with E-state index >= 15 is 0 Å². The average molecular weight is 445 g/mol. The highest BCUT2D eigenvalue weighted by molar-refractivity contribution is 7.89. The Bertz CT molecular complexity index is 1010. The second-order valence-electron chi connectivity index (χ2n) is 8.35. The predicted octanol–water partition coefficient (Wildman–Crippen LogP) is 1.15. The van der Waals surface area contributed by atoms with Crippen molar-refractivity contribution in [2.45, 2.75) is 42.7 Å². The second-order valence-corrected chi connectivity index (χ2v) is 10.3. The van der Waals surface area contributed by atoms with Gasteiger partial charge < -0.3 is 15.7 Å². The summed E-state index contributed by atoms with van der Waals surface area (Å²) in [4.78, 5) is 17.7. The van der Waals surface area contributed by atoms with E-state index in [1.54, 1.807) is 11.0 Å². The molecule has 1 aromatic carbocycles. The van der Waals surface area contributed by atoms with E-state index in [0.29, 0.717) is 24.8 Å². The molecule has 8 nitrogen and oxygen atoms in total. The highest BCUT2D eigenvalue weighted by atomic mass is 32.2. The summed E-state index contributed by atoms with van der Waals surface area (Å²) < 4.78 is 27.7. The number of aromatic nitrogens is 1. The molecule has 2 atom stereocenters. The normalized spacial score (nSPS) is 23.2. The third kappa shape index (κ3) is 4.73. The van der Waals surface area contributed by atoms with Crippen LogP contribution in [0.15, 0.2) is 53.6 Å². The summed E-state index contributed by atoms with van der Waals surface area (Å²) in [7, 11) is -3.63. The third-order valence-electron chi connectivity index (χ3n) is 6.20. The van der Waals surface area contributed by atoms with Gasteiger partial charge in [0.1, 0.15) is 16.8 Å². The SMILES string of the molecule is NC(=O)C1CC(O)CN1c1ccc(S(=O)(=O)N2CCC(Cc3ccccc3)CC2)cn1. The molecule has 2 aromatic rings. The molecule has 2 unspecified atom stereocenters. The van der Waals surface area contributed by atoms with Crippen molar-refractivity contribution in [1.82, 2.24) is 9.29 Å². The van der Waals surface area contributed by atoms with Crippen LogP contribution in [0.5, 0.6) is 0 Å². The molecule has 9 heteroatoms. The van der Waals surface area contributed by atoms with Gasteiger partial charge in [-0.3, -0.25) is 4.79 Å². The van der Waals surface area contributed by atoms with E-state index in [2.05, 4.69) is 17.1 Å². The number of benzene rings is 1. The van der Waals surface area contributed by atoms with Gasteiger partial charge in [-0.1, -0.05) is 30.3 Å². The highest BCUT2D eigenvalue weighted by Gasteiger charge is 2.36. The number of amides is 1. The Hall–Kier alpha value is -2.49. The number of hydrogen-bond donors (Lipinski definition) is 2. The van der Waals surface area contributed by atoms with Crippen molar-refractivity contribution < 1.29 is 18.3 Å². The fraction of sp³-hybridized carbons (Fsp3) is 0.455. The molecule has 0 bridgehead atoms. The molecule has 31 heavy (non-hydrogen) atoms. The van der Waals surface area contributed by atoms with Crippen LogP contribution in [0.3, 0.4) is 0 Å². The first-order chi connectivity index (χ1) is 14.8. The lowest BCUT2D eigenvalue weighted by molar-refractivity contribution is -0.119. The fourth-order valence-electron chi connectivity index (χ4n) is 4.48. The fourth-order valence-corrected chi connectivity index (χ4v) is 5.90. The lowest BCUT2D eigenvalue weighted by Gasteiger charge is -2.31. The van der Waals surface area contributed by atoms with E-state index in [4.69, 9.17) is 5.73 Å². The average Bonchev–Trinajstić information content (AvgIpc) is 3.17. The van der Waals surface area contributed by atoms with Crippen LogP contribution >= 0.6 is 0 Å². The number of primary amides is 1. The van der Waals surface area contributed by atoms with Crippen molar-refractivity contribution >= 4 is 21.7 Å². The Morgan fingerprint density at radius 3 is 2.45 bits per heavy atom. The van der Waals surface area contributed by atoms with Crippen LogP contribution in [0.4, 0.5) is 5.82 Å². The minimum atomic E-state index is -3.63. The van der Waals surface area contributed by atoms with E-state index in [0.717, 1.165) is 19.3 Å². The lowest BCUT2D eigenvalue weighted by atomic mass is 9.91. The summed E-state index contributed by atoms with van der Waals surface area (Å²) in [6, 6.07) is 12.7. The molecule has 0 radical (unpaired) electrons. The molecular formula is C22H28N4O4S. The van der Waals surface area contributed by atoms with Crippen LogP contribution in [0.2, 0.25) is 0 Å². The summed E-state index contributed by atoms with van der Waals surface area (Å²) in [6.07, 6.45) is 3.52. The number of carbonyl (C=O) groups excluding carboxylic acids is 1. The molecule has 1 amide bonds. The number of nitrogens with zero attached hydrogens (tertiary/aromatic N) is 3. The molecule has 2 aliphatic rings. The van der Waals surface area contributed by atoms with Gasteiger partial charge in [-0.15, -0.1) is 0 Å². The van der Waals surface area contributed by atoms with E-state index < -0.39 is 28.1 Å². The molecule has 0 spiro atoms. The molecule has 2 aliphatic heterocycles. The Labute approximate surface area is 182 Å². The number of β-amino-alcohol motifs (C(OH)–C–C–N with tert-alkyl or cyclic N) is 1. The smallest absolute Gasteiger partial charge is 0.244 e. The largest absolute Gasteiger partial charge is 0.391 e. The van der Waals surface area contributed by atoms with E-state index in [-0.39, 0.29) is 17.9 Å². The summed E-state index contributed by atoms with van der Waals surface area (Å²) in [5.41, 5.74) is 6.70. The van der Waals surface area contributed by atoms with Gasteiger partial charge in [0.15, 0.2) is 0 Å². The number of piperidine rings is 1. The number of carbonyl (C=O) groups is 1. The molecule has 3 N–H and O–H groups in total. The third-order valence-corrected chi connectivity index (χ3v) is 8.08. The summed E-state index contributed by atoms with van der Waals surface area (Å²) in [5, 5.41) is 9.87. The van der Waals surface area contributed by atoms with Crippen LogP contribution in [-0.4, -0.2) is 60.5 Å². The maximum Gasteiger partial charge on any atom is 0.244 e. The van der Waals surface area contributed by atoms with E-state index in [9.17, 15) is 18.3 Å². The molecule has 0 aliphatic carbocycles. The topological polar surface area (TPSA) is 117 Å². The number of aliphatic hydroxyl groups excluding tert-OH is 1. The molecule has 166 valence electrons. The van der Waals surface area contributed by atoms with Gasteiger partial charge in [0, 0.05) is 32.3 Å². The first-order valence-corrected chi connectivity index (χ1v) is 12.0. The quantitative estimate of drug-likeness (QED) is 0.690. The van der Waals surface area contributed by atoms with Crippen molar-refractivity contribution in [3.63, 3.8) is 0 Å². The van der Waals surface area contributed by atoms with Gasteiger partial charge in [-0.25, -0.2) is 13.4 Å². The first-order valence-electron chi connectivity index (χ1n) is 10.6. The molecule has 2 fully saturated rings. The zero-order chi connectivity index (χ0) is 22.0. The van der Waals surface area contributed by atoms with Crippen LogP contribution < -0.4 is 10.6 Å². The number of sulfonamides is 1. The summed E-state index contributed by atoms with van der Waals surface area (Å²) >= 11 is 0. The maximum absolute atomic E-state index is 13.1. The summed E-state index contributed by atoms with van der Waals surface area (Å²) in [5.74, 6) is 0.371. The van der Waals surface area contributed by atoms with Gasteiger partial charge in [-0.05, 0) is 42.9 Å². The van der Waals surface area contributed by atoms with E-state index in [1.165, 1.54) is 22.1 Å². The van der Waals surface area contributed by atoms with Crippen LogP contribution in [0.25, 0.3) is 0 Å². The van der Waals surface area contributed by atoms with Crippen molar-refractivity contribution in [2.75, 3.05) is 24.5 Å². The summed E-state index contributed by atoms with van der Waals surface area (Å²) in [6.45, 7) is 1.22. The molecule has 1 aromatic heterocycles. The number of hydrogen-bond acceptors (Lipinski definition) is 6. The Balaban J connectivity index is 1.41. The zero-order valence-corrected chi connectivity index (χ0v) is 18.1. The number of aliphatic hydroxyl groups is 1. The van der Waals surface area contributed by atoms with Crippen molar-refractivity contribution in [3.05, 3.63) is 54.2 Å². The standard InChI is InChI=1S/C22H28N4O4S/c23-22(28)20-13-18(27)15-26(20)21-7-6-19(14-24-21)31(29,30)25-10-8-17(9-11-25)12-16-4-2-1-3-5-16/h1-7,14,17-18,20,27H,8-13,15H2,(H2,23,28). The number of rotatable bonds is 6. The molecule has 4 rings (SSSR count). The Kier molecular flexibility index (Phi) is 6.27. The van der Waals surface area contributed by atoms with Crippen LogP contribution in [0.1, 0.15) is 24.8 Å². The van der Waals surface area contributed by atoms with Crippen molar-refractivity contribution in [3.8, 4) is 0 Å². The van der Waals surface area contributed by atoms with E-state index in [1.807, 2.05) is 18.2 Å². The molecule has 2 saturated heterocycles. The van der Waals surface area contributed by atoms with Gasteiger partial charge in [0.25, 0.3) is 0 Å². The lowest BCUT2D eigenvalue weighted by Crippen LogP contribution is -2.41. The van der Waals surface area contributed by atoms with Crippen molar-refractivity contribution in [2.24, 2.45) is 11.7 Å².